The van der Waals surface area contributed by atoms with Crippen LogP contribution >= 0.6 is 22.9 Å². The summed E-state index contributed by atoms with van der Waals surface area (Å²) in [6, 6.07) is 15.3. The Bertz CT molecular complexity index is 735. The summed E-state index contributed by atoms with van der Waals surface area (Å²) in [4.78, 5) is 1.26. The summed E-state index contributed by atoms with van der Waals surface area (Å²) >= 11 is 7.91. The van der Waals surface area contributed by atoms with Gasteiger partial charge in [0.1, 0.15) is 5.82 Å². The van der Waals surface area contributed by atoms with Gasteiger partial charge in [-0.15, -0.1) is 11.3 Å². The number of benzene rings is 2. The Balaban J connectivity index is 1.90. The SMILES string of the molecule is CNC(Cc1ccc(F)cc1Cl)c1cc2ccccc2s1. The van der Waals surface area contributed by atoms with Gasteiger partial charge in [0.2, 0.25) is 0 Å². The summed E-state index contributed by atoms with van der Waals surface area (Å²) in [7, 11) is 1.94. The van der Waals surface area contributed by atoms with Crippen LogP contribution in [0.4, 0.5) is 4.39 Å². The average molecular weight is 320 g/mol. The molecule has 0 amide bonds. The lowest BCUT2D eigenvalue weighted by atomic mass is 10.0. The molecule has 0 aliphatic rings. The van der Waals surface area contributed by atoms with Gasteiger partial charge in [0.25, 0.3) is 0 Å². The molecule has 0 aliphatic heterocycles. The molecule has 0 spiro atoms. The Hall–Kier alpha value is -1.42. The predicted octanol–water partition coefficient (Wildman–Crippen LogP) is 5.20. The van der Waals surface area contributed by atoms with E-state index in [9.17, 15) is 4.39 Å². The van der Waals surface area contributed by atoms with Gasteiger partial charge in [-0.2, -0.15) is 0 Å². The van der Waals surface area contributed by atoms with E-state index >= 15 is 0 Å². The number of nitrogens with one attached hydrogen (secondary N) is 1. The Morgan fingerprint density at radius 1 is 1.19 bits per heavy atom. The minimum atomic E-state index is -0.299. The van der Waals surface area contributed by atoms with Crippen LogP contribution in [-0.4, -0.2) is 7.05 Å². The summed E-state index contributed by atoms with van der Waals surface area (Å²) in [6.45, 7) is 0. The van der Waals surface area contributed by atoms with E-state index in [4.69, 9.17) is 11.6 Å². The fraction of sp³-hybridized carbons (Fsp3) is 0.176. The van der Waals surface area contributed by atoms with E-state index in [1.165, 1.54) is 27.1 Å². The van der Waals surface area contributed by atoms with E-state index in [0.29, 0.717) is 5.02 Å². The molecule has 1 aromatic heterocycles. The van der Waals surface area contributed by atoms with Crippen LogP contribution in [0, 0.1) is 5.82 Å². The van der Waals surface area contributed by atoms with Crippen molar-refractivity contribution in [3.8, 4) is 0 Å². The lowest BCUT2D eigenvalue weighted by Gasteiger charge is -2.15. The normalized spacial score (nSPS) is 12.7. The fourth-order valence-electron chi connectivity index (χ4n) is 2.43. The van der Waals surface area contributed by atoms with Crippen molar-refractivity contribution in [3.63, 3.8) is 0 Å². The van der Waals surface area contributed by atoms with Gasteiger partial charge in [0.15, 0.2) is 0 Å². The summed E-state index contributed by atoms with van der Waals surface area (Å²) in [6.07, 6.45) is 0.739. The van der Waals surface area contributed by atoms with E-state index in [1.807, 2.05) is 19.2 Å². The maximum atomic E-state index is 13.1. The number of hydrogen-bond acceptors (Lipinski definition) is 2. The Labute approximate surface area is 132 Å². The van der Waals surface area contributed by atoms with E-state index in [-0.39, 0.29) is 11.9 Å². The van der Waals surface area contributed by atoms with Crippen molar-refractivity contribution in [1.82, 2.24) is 5.32 Å². The molecule has 4 heteroatoms. The van der Waals surface area contributed by atoms with Crippen LogP contribution in [0.3, 0.4) is 0 Å². The molecule has 3 rings (SSSR count). The fourth-order valence-corrected chi connectivity index (χ4v) is 3.85. The van der Waals surface area contributed by atoms with Crippen molar-refractivity contribution < 1.29 is 4.39 Å². The molecule has 1 heterocycles. The first-order valence-electron chi connectivity index (χ1n) is 6.77. The molecule has 1 nitrogen and oxygen atoms in total. The molecular formula is C17H15ClFNS. The zero-order valence-electron chi connectivity index (χ0n) is 11.6. The minimum absolute atomic E-state index is 0.172. The molecule has 1 atom stereocenters. The molecule has 0 saturated heterocycles. The first kappa shape index (κ1) is 14.5. The van der Waals surface area contributed by atoms with E-state index in [0.717, 1.165) is 12.0 Å². The number of rotatable bonds is 4. The van der Waals surface area contributed by atoms with Crippen LogP contribution in [-0.2, 0) is 6.42 Å². The van der Waals surface area contributed by atoms with Gasteiger partial charge in [-0.05, 0) is 48.7 Å². The van der Waals surface area contributed by atoms with Crippen LogP contribution < -0.4 is 5.32 Å². The summed E-state index contributed by atoms with van der Waals surface area (Å²) < 4.78 is 14.4. The highest BCUT2D eigenvalue weighted by Crippen LogP contribution is 2.32. The highest BCUT2D eigenvalue weighted by atomic mass is 35.5. The first-order chi connectivity index (χ1) is 10.2. The third-order valence-corrected chi connectivity index (χ3v) is 5.16. The summed E-state index contributed by atoms with van der Waals surface area (Å²) in [5.74, 6) is -0.299. The molecule has 0 saturated carbocycles. The van der Waals surface area contributed by atoms with Crippen molar-refractivity contribution >= 4 is 33.0 Å². The molecule has 108 valence electrons. The number of fused-ring (bicyclic) bond motifs is 1. The lowest BCUT2D eigenvalue weighted by Crippen LogP contribution is -2.17. The third-order valence-electron chi connectivity index (χ3n) is 3.58. The van der Waals surface area contributed by atoms with Crippen molar-refractivity contribution in [3.05, 3.63) is 69.8 Å². The smallest absolute Gasteiger partial charge is 0.124 e. The number of thiophene rings is 1. The van der Waals surface area contributed by atoms with Crippen LogP contribution in [0.1, 0.15) is 16.5 Å². The van der Waals surface area contributed by atoms with Crippen LogP contribution in [0.5, 0.6) is 0 Å². The quantitative estimate of drug-likeness (QED) is 0.697. The molecule has 1 unspecified atom stereocenters. The lowest BCUT2D eigenvalue weighted by molar-refractivity contribution is 0.598. The Kier molecular flexibility index (Phi) is 4.24. The zero-order valence-corrected chi connectivity index (χ0v) is 13.1. The molecule has 3 aromatic rings. The second kappa shape index (κ2) is 6.14. The number of hydrogen-bond donors (Lipinski definition) is 1. The molecule has 21 heavy (non-hydrogen) atoms. The zero-order chi connectivity index (χ0) is 14.8. The van der Waals surface area contributed by atoms with Gasteiger partial charge >= 0.3 is 0 Å². The van der Waals surface area contributed by atoms with E-state index in [2.05, 4.69) is 23.5 Å². The molecule has 2 aromatic carbocycles. The Morgan fingerprint density at radius 2 is 2.00 bits per heavy atom. The maximum absolute atomic E-state index is 13.1. The van der Waals surface area contributed by atoms with Gasteiger partial charge in [0.05, 0.1) is 0 Å². The summed E-state index contributed by atoms with van der Waals surface area (Å²) in [5.41, 5.74) is 0.954. The second-order valence-electron chi connectivity index (χ2n) is 4.97. The van der Waals surface area contributed by atoms with Crippen molar-refractivity contribution in [2.24, 2.45) is 0 Å². The third kappa shape index (κ3) is 3.10. The van der Waals surface area contributed by atoms with E-state index in [1.54, 1.807) is 17.4 Å². The van der Waals surface area contributed by atoms with Gasteiger partial charge in [-0.1, -0.05) is 35.9 Å². The molecule has 1 N–H and O–H groups in total. The molecule has 0 aliphatic carbocycles. The first-order valence-corrected chi connectivity index (χ1v) is 7.96. The van der Waals surface area contributed by atoms with Gasteiger partial charge in [-0.3, -0.25) is 0 Å². The topological polar surface area (TPSA) is 12.0 Å². The maximum Gasteiger partial charge on any atom is 0.124 e. The predicted molar refractivity (Wildman–Crippen MR) is 88.7 cm³/mol. The monoisotopic (exact) mass is 319 g/mol. The van der Waals surface area contributed by atoms with Crippen LogP contribution in [0.15, 0.2) is 48.5 Å². The van der Waals surface area contributed by atoms with Gasteiger partial charge in [0, 0.05) is 20.6 Å². The van der Waals surface area contributed by atoms with Crippen molar-refractivity contribution in [2.75, 3.05) is 7.05 Å². The van der Waals surface area contributed by atoms with Gasteiger partial charge < -0.3 is 5.32 Å². The minimum Gasteiger partial charge on any atom is -0.312 e. The molecule has 0 fully saturated rings. The highest BCUT2D eigenvalue weighted by Gasteiger charge is 2.15. The second-order valence-corrected chi connectivity index (χ2v) is 6.49. The molecule has 0 bridgehead atoms. The van der Waals surface area contributed by atoms with Crippen molar-refractivity contribution in [1.29, 1.82) is 0 Å². The standard InChI is InChI=1S/C17H15ClFNS/c1-20-15(8-11-6-7-13(19)10-14(11)18)17-9-12-4-2-3-5-16(12)21-17/h2-7,9-10,15,20H,8H2,1H3. The highest BCUT2D eigenvalue weighted by molar-refractivity contribution is 7.19. The van der Waals surface area contributed by atoms with Crippen molar-refractivity contribution in [2.45, 2.75) is 12.5 Å². The molecule has 0 radical (unpaired) electrons. The largest absolute Gasteiger partial charge is 0.312 e. The number of likely N-dealkylation sites (N-methyl/N-ethyl adjacent to an activating group) is 1. The summed E-state index contributed by atoms with van der Waals surface area (Å²) in [5, 5.41) is 5.06. The molecular weight excluding hydrogens is 305 g/mol. The Morgan fingerprint density at radius 3 is 2.71 bits per heavy atom. The van der Waals surface area contributed by atoms with Crippen LogP contribution in [0.2, 0.25) is 5.02 Å². The van der Waals surface area contributed by atoms with E-state index < -0.39 is 0 Å². The average Bonchev–Trinajstić information content (AvgIpc) is 2.90. The van der Waals surface area contributed by atoms with Gasteiger partial charge in [-0.25, -0.2) is 4.39 Å². The van der Waals surface area contributed by atoms with Crippen LogP contribution in [0.25, 0.3) is 10.1 Å². The number of halogens is 2.